The van der Waals surface area contributed by atoms with Crippen molar-refractivity contribution in [1.82, 2.24) is 0 Å². The van der Waals surface area contributed by atoms with Crippen LogP contribution in [0.1, 0.15) is 224 Å². The van der Waals surface area contributed by atoms with Crippen LogP contribution in [0.5, 0.6) is 0 Å². The summed E-state index contributed by atoms with van der Waals surface area (Å²) in [5.41, 5.74) is 20.7. The van der Waals surface area contributed by atoms with Crippen molar-refractivity contribution >= 4 is 11.4 Å². The van der Waals surface area contributed by atoms with Crippen LogP contribution in [0.4, 0.5) is 0 Å². The summed E-state index contributed by atoms with van der Waals surface area (Å²) in [6.45, 7) is 21.0. The summed E-state index contributed by atoms with van der Waals surface area (Å²) in [7, 11) is 0. The fourth-order valence-corrected chi connectivity index (χ4v) is 7.31. The van der Waals surface area contributed by atoms with E-state index in [0.717, 1.165) is 54.6 Å². The predicted octanol–water partition coefficient (Wildman–Crippen LogP) is 17.5. The third-order valence-corrected chi connectivity index (χ3v) is 10.6. The standard InChI is InChI=1S/C31H42N2.2C10H21.Ni/c1-5-8-10-12-16-25-18-14-20-27(22-25)30-24(4)29(7-3)31(33(30)32)28-21-15-19-26(23-28)17-13-11-9-6-2;2*1-3-5-7-9-10-8-6-4-2;/h14-15,18-23H,5-13,16-17H2,1-4H3;2*1,3-10H2,2H3;/q;2*-1;+2. The Morgan fingerprint density at radius 1 is 0.481 bits per heavy atom. The molecule has 2 aromatic carbocycles. The van der Waals surface area contributed by atoms with Crippen molar-refractivity contribution in [3.05, 3.63) is 101 Å². The summed E-state index contributed by atoms with van der Waals surface area (Å²) in [5.74, 6) is 0. The first-order valence-electron chi connectivity index (χ1n) is 22.6. The van der Waals surface area contributed by atoms with Crippen molar-refractivity contribution in [3.8, 4) is 0 Å². The average molecular weight is 784 g/mol. The molecule has 308 valence electrons. The van der Waals surface area contributed by atoms with Gasteiger partial charge < -0.3 is 19.4 Å². The fourth-order valence-electron chi connectivity index (χ4n) is 7.31. The van der Waals surface area contributed by atoms with Gasteiger partial charge in [0.2, 0.25) is 11.4 Å². The van der Waals surface area contributed by atoms with Crippen LogP contribution in [0, 0.1) is 13.8 Å². The molecule has 0 amide bonds. The summed E-state index contributed by atoms with van der Waals surface area (Å²) in [5, 5.41) is 0. The number of aryl methyl sites for hydroxylation is 2. The van der Waals surface area contributed by atoms with E-state index in [0.29, 0.717) is 0 Å². The maximum Gasteiger partial charge on any atom is 2.00 e. The van der Waals surface area contributed by atoms with Gasteiger partial charge in [0.15, 0.2) is 0 Å². The molecule has 0 bridgehead atoms. The molecule has 0 aliphatic carbocycles. The van der Waals surface area contributed by atoms with Crippen molar-refractivity contribution in [2.24, 2.45) is 0 Å². The number of nitrogens with zero attached hydrogens (tertiary/aromatic N) is 2. The third-order valence-electron chi connectivity index (χ3n) is 10.6. The zero-order valence-electron chi connectivity index (χ0n) is 36.3. The zero-order chi connectivity index (χ0) is 38.9. The van der Waals surface area contributed by atoms with E-state index in [4.69, 9.17) is 0 Å². The van der Waals surface area contributed by atoms with Crippen LogP contribution >= 0.6 is 0 Å². The Balaban J connectivity index is 0.00000110. The molecular weight excluding hydrogens is 699 g/mol. The molecule has 0 aromatic heterocycles. The van der Waals surface area contributed by atoms with Crippen LogP contribution < -0.4 is 0 Å². The molecule has 0 saturated heterocycles. The minimum absolute atomic E-state index is 0. The van der Waals surface area contributed by atoms with Gasteiger partial charge in [-0.05, 0) is 74.4 Å². The number of benzene rings is 2. The Labute approximate surface area is 347 Å². The van der Waals surface area contributed by atoms with E-state index in [1.54, 1.807) is 0 Å². The number of hydrogen-bond donors (Lipinski definition) is 0. The second kappa shape index (κ2) is 35.4. The van der Waals surface area contributed by atoms with Crippen molar-refractivity contribution in [2.45, 2.75) is 215 Å². The van der Waals surface area contributed by atoms with Gasteiger partial charge in [-0.15, -0.1) is 0 Å². The van der Waals surface area contributed by atoms with Crippen molar-refractivity contribution in [3.63, 3.8) is 0 Å². The largest absolute Gasteiger partial charge is 2.00 e. The molecule has 0 N–H and O–H groups in total. The maximum atomic E-state index is 11.4. The third kappa shape index (κ3) is 21.9. The van der Waals surface area contributed by atoms with Gasteiger partial charge in [0.25, 0.3) is 0 Å². The molecule has 2 nitrogen and oxygen atoms in total. The van der Waals surface area contributed by atoms with E-state index in [1.807, 2.05) is 0 Å². The summed E-state index contributed by atoms with van der Waals surface area (Å²) in [6.07, 6.45) is 35.1. The van der Waals surface area contributed by atoms with Crippen molar-refractivity contribution in [1.29, 1.82) is 0 Å². The number of allylic oxidation sites excluding steroid dienone is 2. The maximum absolute atomic E-state index is 11.4. The van der Waals surface area contributed by atoms with Crippen molar-refractivity contribution in [2.75, 3.05) is 0 Å². The van der Waals surface area contributed by atoms with Gasteiger partial charge in [-0.1, -0.05) is 187 Å². The average Bonchev–Trinajstić information content (AvgIpc) is 3.44. The number of unbranched alkanes of at least 4 members (excludes halogenated alkanes) is 20. The minimum Gasteiger partial charge on any atom is -0.493 e. The first kappa shape index (κ1) is 52.0. The fraction of sp³-hybridized carbons (Fsp3) is 0.647. The summed E-state index contributed by atoms with van der Waals surface area (Å²) < 4.78 is 1.46. The molecule has 0 saturated carbocycles. The number of rotatable bonds is 27. The van der Waals surface area contributed by atoms with Gasteiger partial charge in [-0.2, -0.15) is 12.8 Å². The predicted molar refractivity (Wildman–Crippen MR) is 238 cm³/mol. The molecule has 0 fully saturated rings. The molecule has 0 atom stereocenters. The smallest absolute Gasteiger partial charge is 0.493 e. The van der Waals surface area contributed by atoms with Crippen molar-refractivity contribution < 1.29 is 21.2 Å². The van der Waals surface area contributed by atoms with Gasteiger partial charge >= 0.3 is 16.5 Å². The minimum atomic E-state index is 0. The molecule has 1 aliphatic heterocycles. The van der Waals surface area contributed by atoms with E-state index >= 15 is 0 Å². The van der Waals surface area contributed by atoms with E-state index in [2.05, 4.69) is 104 Å². The van der Waals surface area contributed by atoms with E-state index in [-0.39, 0.29) is 16.5 Å². The molecular formula is C51H84N2Ni. The Bertz CT molecular complexity index is 1240. The first-order chi connectivity index (χ1) is 25.9. The van der Waals surface area contributed by atoms with Gasteiger partial charge in [-0.25, -0.2) is 4.70 Å². The molecule has 3 rings (SSSR count). The zero-order valence-corrected chi connectivity index (χ0v) is 37.3. The Morgan fingerprint density at radius 2 is 0.833 bits per heavy atom. The first-order valence-corrected chi connectivity index (χ1v) is 22.6. The topological polar surface area (TPSA) is 25.3 Å². The summed E-state index contributed by atoms with van der Waals surface area (Å²) >= 11 is 0. The molecule has 54 heavy (non-hydrogen) atoms. The molecule has 3 heteroatoms. The second-order valence-electron chi connectivity index (χ2n) is 15.4. The molecule has 2 aromatic rings. The van der Waals surface area contributed by atoms with E-state index in [9.17, 15) is 5.53 Å². The molecule has 0 radical (unpaired) electrons. The van der Waals surface area contributed by atoms with Crippen LogP contribution in [-0.4, -0.2) is 4.70 Å². The van der Waals surface area contributed by atoms with Crippen LogP contribution in [0.15, 0.2) is 59.7 Å². The summed E-state index contributed by atoms with van der Waals surface area (Å²) in [6, 6.07) is 17.6. The van der Waals surface area contributed by atoms with Crippen LogP contribution in [0.2, 0.25) is 0 Å². The Hall–Kier alpha value is -1.99. The van der Waals surface area contributed by atoms with Gasteiger partial charge in [0.05, 0.1) is 0 Å². The second-order valence-corrected chi connectivity index (χ2v) is 15.4. The Kier molecular flexibility index (Phi) is 34.1. The summed E-state index contributed by atoms with van der Waals surface area (Å²) in [4.78, 5) is 0. The van der Waals surface area contributed by atoms with Gasteiger partial charge in [-0.3, -0.25) is 0 Å². The van der Waals surface area contributed by atoms with Gasteiger partial charge in [0, 0.05) is 22.3 Å². The van der Waals surface area contributed by atoms with E-state index < -0.39 is 0 Å². The van der Waals surface area contributed by atoms with Gasteiger partial charge in [0.1, 0.15) is 0 Å². The monoisotopic (exact) mass is 783 g/mol. The van der Waals surface area contributed by atoms with E-state index in [1.165, 1.54) is 168 Å². The number of hydrogen-bond acceptors (Lipinski definition) is 0. The normalized spacial score (nSPS) is 12.3. The quantitative estimate of drug-likeness (QED) is 0.0373. The SMILES string of the molecule is CCCCCCc1cccc(C2=C(C)C(CC)=C(c3cccc(CCCCCC)c3)[N+]2=[N-])c1.[CH2-]CCCCCCCCC.[CH2-]CCCCCCCCC.[Ni+2]. The molecule has 0 unspecified atom stereocenters. The molecule has 1 heterocycles. The van der Waals surface area contributed by atoms with Crippen LogP contribution in [0.25, 0.3) is 16.9 Å². The Morgan fingerprint density at radius 3 is 1.20 bits per heavy atom. The molecule has 0 spiro atoms. The van der Waals surface area contributed by atoms with Crippen LogP contribution in [0.3, 0.4) is 0 Å². The molecule has 1 aliphatic rings. The van der Waals surface area contributed by atoms with Crippen LogP contribution in [-0.2, 0) is 29.3 Å².